The first-order chi connectivity index (χ1) is 11.4. The Morgan fingerprint density at radius 2 is 2.00 bits per heavy atom. The maximum Gasteiger partial charge on any atom is 0.410 e. The van der Waals surface area contributed by atoms with Gasteiger partial charge in [-0.2, -0.15) is 0 Å². The summed E-state index contributed by atoms with van der Waals surface area (Å²) in [7, 11) is 0. The lowest BCUT2D eigenvalue weighted by molar-refractivity contribution is 0.0204. The van der Waals surface area contributed by atoms with E-state index in [0.717, 1.165) is 19.4 Å². The first-order valence-corrected chi connectivity index (χ1v) is 9.00. The van der Waals surface area contributed by atoms with Crippen LogP contribution in [0.3, 0.4) is 0 Å². The van der Waals surface area contributed by atoms with Crippen molar-refractivity contribution in [3.05, 3.63) is 36.0 Å². The highest BCUT2D eigenvalue weighted by molar-refractivity contribution is 5.84. The van der Waals surface area contributed by atoms with Gasteiger partial charge in [0.1, 0.15) is 5.60 Å². The molecule has 0 bridgehead atoms. The third-order valence-electron chi connectivity index (χ3n) is 5.49. The number of hydrogen-bond donors (Lipinski definition) is 1. The third kappa shape index (κ3) is 2.58. The number of aromatic amines is 1. The Morgan fingerprint density at radius 3 is 2.79 bits per heavy atom. The van der Waals surface area contributed by atoms with Crippen molar-refractivity contribution in [3.63, 3.8) is 0 Å². The van der Waals surface area contributed by atoms with Gasteiger partial charge in [0, 0.05) is 35.6 Å². The molecule has 4 rings (SSSR count). The van der Waals surface area contributed by atoms with Crippen molar-refractivity contribution in [2.45, 2.75) is 57.6 Å². The maximum atomic E-state index is 12.7. The fourth-order valence-electron chi connectivity index (χ4n) is 4.58. The number of likely N-dealkylation sites (tertiary alicyclic amines) is 1. The van der Waals surface area contributed by atoms with Gasteiger partial charge >= 0.3 is 6.09 Å². The molecule has 1 aliphatic carbocycles. The number of nitrogens with zero attached hydrogens (tertiary/aromatic N) is 1. The Morgan fingerprint density at radius 1 is 1.21 bits per heavy atom. The topological polar surface area (TPSA) is 45.3 Å². The number of carbonyl (C=O) groups excluding carboxylic acids is 1. The van der Waals surface area contributed by atoms with Gasteiger partial charge in [0.2, 0.25) is 0 Å². The molecule has 0 unspecified atom stereocenters. The van der Waals surface area contributed by atoms with Crippen molar-refractivity contribution in [2.75, 3.05) is 6.54 Å². The van der Waals surface area contributed by atoms with Gasteiger partial charge in [-0.1, -0.05) is 18.2 Å². The number of carbonyl (C=O) groups is 1. The number of amides is 1. The second kappa shape index (κ2) is 5.54. The lowest BCUT2D eigenvalue weighted by Crippen LogP contribution is -2.42. The Hall–Kier alpha value is -1.97. The molecule has 1 aliphatic heterocycles. The summed E-state index contributed by atoms with van der Waals surface area (Å²) in [6.07, 6.45) is 5.44. The fourth-order valence-corrected chi connectivity index (χ4v) is 4.58. The molecule has 128 valence electrons. The third-order valence-corrected chi connectivity index (χ3v) is 5.49. The Labute approximate surface area is 143 Å². The van der Waals surface area contributed by atoms with Crippen LogP contribution in [0, 0.1) is 5.92 Å². The van der Waals surface area contributed by atoms with E-state index in [9.17, 15) is 4.79 Å². The van der Waals surface area contributed by atoms with E-state index in [1.54, 1.807) is 0 Å². The van der Waals surface area contributed by atoms with Gasteiger partial charge in [-0.25, -0.2) is 4.79 Å². The fraction of sp³-hybridized carbons (Fsp3) is 0.550. The standard InChI is InChI=1S/C20H26N2O2/c1-20(2,3)24-19(23)22-11-10-13-8-9-15(18(13)22)16-12-21-17-7-5-4-6-14(16)17/h4-7,12-13,15,18,21H,8-11H2,1-3H3/t13-,15+,18+/m1/s1. The average molecular weight is 326 g/mol. The zero-order valence-corrected chi connectivity index (χ0v) is 14.7. The highest BCUT2D eigenvalue weighted by atomic mass is 16.6. The summed E-state index contributed by atoms with van der Waals surface area (Å²) in [5, 5.41) is 1.29. The lowest BCUT2D eigenvalue weighted by atomic mass is 9.91. The monoisotopic (exact) mass is 326 g/mol. The molecule has 3 atom stereocenters. The quantitative estimate of drug-likeness (QED) is 0.827. The maximum absolute atomic E-state index is 12.7. The van der Waals surface area contributed by atoms with Crippen molar-refractivity contribution < 1.29 is 9.53 Å². The zero-order chi connectivity index (χ0) is 16.9. The molecule has 1 N–H and O–H groups in total. The van der Waals surface area contributed by atoms with Crippen LogP contribution in [0.1, 0.15) is 51.5 Å². The van der Waals surface area contributed by atoms with Gasteiger partial charge in [0.15, 0.2) is 0 Å². The molecule has 1 saturated carbocycles. The number of aromatic nitrogens is 1. The van der Waals surface area contributed by atoms with Crippen LogP contribution in [-0.4, -0.2) is 34.2 Å². The zero-order valence-electron chi connectivity index (χ0n) is 14.7. The summed E-state index contributed by atoms with van der Waals surface area (Å²) in [5.41, 5.74) is 2.09. The molecular formula is C20H26N2O2. The number of rotatable bonds is 1. The van der Waals surface area contributed by atoms with E-state index in [4.69, 9.17) is 4.74 Å². The molecule has 0 radical (unpaired) electrons. The molecule has 1 aromatic heterocycles. The minimum Gasteiger partial charge on any atom is -0.444 e. The minimum absolute atomic E-state index is 0.151. The molecule has 4 nitrogen and oxygen atoms in total. The van der Waals surface area contributed by atoms with E-state index >= 15 is 0 Å². The van der Waals surface area contributed by atoms with Gasteiger partial charge in [-0.15, -0.1) is 0 Å². The predicted octanol–water partition coefficient (Wildman–Crippen LogP) is 4.67. The van der Waals surface area contributed by atoms with Crippen LogP contribution in [0.25, 0.3) is 10.9 Å². The Balaban J connectivity index is 1.64. The van der Waals surface area contributed by atoms with Crippen molar-refractivity contribution in [2.24, 2.45) is 5.92 Å². The van der Waals surface area contributed by atoms with E-state index < -0.39 is 5.60 Å². The van der Waals surface area contributed by atoms with Crippen molar-refractivity contribution in [1.82, 2.24) is 9.88 Å². The number of fused-ring (bicyclic) bond motifs is 2. The van der Waals surface area contributed by atoms with Crippen LogP contribution in [0.5, 0.6) is 0 Å². The van der Waals surface area contributed by atoms with Gasteiger partial charge in [0.05, 0.1) is 0 Å². The molecule has 0 spiro atoms. The second-order valence-electron chi connectivity index (χ2n) is 8.19. The number of ether oxygens (including phenoxy) is 1. The largest absolute Gasteiger partial charge is 0.444 e. The van der Waals surface area contributed by atoms with Crippen molar-refractivity contribution >= 4 is 17.0 Å². The highest BCUT2D eigenvalue weighted by Gasteiger charge is 2.48. The number of benzene rings is 1. The summed E-state index contributed by atoms with van der Waals surface area (Å²) in [5.74, 6) is 1.01. The molecule has 2 heterocycles. The summed E-state index contributed by atoms with van der Waals surface area (Å²) in [6, 6.07) is 8.72. The molecule has 1 saturated heterocycles. The molecule has 1 amide bonds. The van der Waals surface area contributed by atoms with Crippen LogP contribution in [0.2, 0.25) is 0 Å². The van der Waals surface area contributed by atoms with E-state index in [-0.39, 0.29) is 12.1 Å². The Bertz CT molecular complexity index is 758. The molecule has 2 aromatic rings. The number of para-hydroxylation sites is 1. The highest BCUT2D eigenvalue weighted by Crippen LogP contribution is 2.48. The van der Waals surface area contributed by atoms with Crippen LogP contribution in [0.4, 0.5) is 4.79 Å². The SMILES string of the molecule is CC(C)(C)OC(=O)N1CC[C@H]2CC[C@@H](c3c[nH]c4ccccc34)[C@H]21. The normalized spacial score (nSPS) is 26.8. The minimum atomic E-state index is -0.440. The van der Waals surface area contributed by atoms with Gasteiger partial charge < -0.3 is 14.6 Å². The number of hydrogen-bond acceptors (Lipinski definition) is 2. The molecular weight excluding hydrogens is 300 g/mol. The summed E-state index contributed by atoms with van der Waals surface area (Å²) in [4.78, 5) is 18.1. The summed E-state index contributed by atoms with van der Waals surface area (Å²) < 4.78 is 5.66. The predicted molar refractivity (Wildman–Crippen MR) is 95.1 cm³/mol. The average Bonchev–Trinajstić information content (AvgIpc) is 3.18. The van der Waals surface area contributed by atoms with Crippen LogP contribution < -0.4 is 0 Å². The summed E-state index contributed by atoms with van der Waals surface area (Å²) in [6.45, 7) is 6.63. The molecule has 4 heteroatoms. The van der Waals surface area contributed by atoms with Gasteiger partial charge in [-0.05, 0) is 57.6 Å². The first-order valence-electron chi connectivity index (χ1n) is 9.00. The molecule has 2 aliphatic rings. The smallest absolute Gasteiger partial charge is 0.410 e. The van der Waals surface area contributed by atoms with E-state index in [1.807, 2.05) is 25.7 Å². The lowest BCUT2D eigenvalue weighted by Gasteiger charge is -2.31. The molecule has 24 heavy (non-hydrogen) atoms. The number of H-pyrrole nitrogens is 1. The van der Waals surface area contributed by atoms with Gasteiger partial charge in [0.25, 0.3) is 0 Å². The van der Waals surface area contributed by atoms with Gasteiger partial charge in [-0.3, -0.25) is 0 Å². The molecule has 1 aromatic carbocycles. The summed E-state index contributed by atoms with van der Waals surface area (Å²) >= 11 is 0. The first kappa shape index (κ1) is 15.6. The van der Waals surface area contributed by atoms with E-state index in [2.05, 4.69) is 35.4 Å². The van der Waals surface area contributed by atoms with E-state index in [0.29, 0.717) is 11.8 Å². The van der Waals surface area contributed by atoms with Crippen LogP contribution in [-0.2, 0) is 4.74 Å². The second-order valence-corrected chi connectivity index (χ2v) is 8.19. The Kier molecular flexibility index (Phi) is 3.59. The van der Waals surface area contributed by atoms with Crippen molar-refractivity contribution in [1.29, 1.82) is 0 Å². The van der Waals surface area contributed by atoms with E-state index in [1.165, 1.54) is 22.9 Å². The van der Waals surface area contributed by atoms with Crippen molar-refractivity contribution in [3.8, 4) is 0 Å². The number of nitrogens with one attached hydrogen (secondary N) is 1. The van der Waals surface area contributed by atoms with Crippen LogP contribution in [0.15, 0.2) is 30.5 Å². The molecule has 2 fully saturated rings. The van der Waals surface area contributed by atoms with Crippen LogP contribution >= 0.6 is 0 Å².